The van der Waals surface area contributed by atoms with Gasteiger partial charge in [0.25, 0.3) is 5.91 Å². The second-order valence-corrected chi connectivity index (χ2v) is 7.38. The van der Waals surface area contributed by atoms with E-state index in [2.05, 4.69) is 21.3 Å². The maximum Gasteiger partial charge on any atom is 0.319 e. The molecule has 0 bridgehead atoms. The Bertz CT molecular complexity index is 748. The molecule has 6 N–H and O–H groups in total. The van der Waals surface area contributed by atoms with Crippen molar-refractivity contribution in [2.75, 3.05) is 25.0 Å². The Morgan fingerprint density at radius 2 is 1.67 bits per heavy atom. The summed E-state index contributed by atoms with van der Waals surface area (Å²) in [6, 6.07) is 6.44. The Morgan fingerprint density at radius 1 is 1.03 bits per heavy atom. The van der Waals surface area contributed by atoms with Gasteiger partial charge in [0.15, 0.2) is 0 Å². The molecular formula is C20H30N4O6. The molecule has 0 aliphatic rings. The van der Waals surface area contributed by atoms with Crippen LogP contribution in [-0.2, 0) is 20.9 Å². The molecule has 0 saturated carbocycles. The number of ketones is 1. The fourth-order valence-corrected chi connectivity index (χ4v) is 2.27. The second-order valence-electron chi connectivity index (χ2n) is 7.38. The smallest absolute Gasteiger partial charge is 0.319 e. The molecule has 1 rings (SSSR count). The van der Waals surface area contributed by atoms with Crippen LogP contribution in [0.2, 0.25) is 0 Å². The van der Waals surface area contributed by atoms with E-state index < -0.39 is 29.1 Å². The molecule has 166 valence electrons. The molecule has 10 heteroatoms. The van der Waals surface area contributed by atoms with Crippen LogP contribution in [0.25, 0.3) is 0 Å². The third kappa shape index (κ3) is 8.18. The second kappa shape index (κ2) is 11.9. The first-order chi connectivity index (χ1) is 14.1. The average molecular weight is 422 g/mol. The number of aliphatic hydroxyl groups excluding tert-OH is 2. The van der Waals surface area contributed by atoms with E-state index >= 15 is 0 Å². The van der Waals surface area contributed by atoms with Gasteiger partial charge in [-0.15, -0.1) is 0 Å². The van der Waals surface area contributed by atoms with Gasteiger partial charge in [0.05, 0.1) is 6.61 Å². The standard InChI is InChI=1S/C20H30N4O6/c1-4-21-19(30)24-14-7-5-13(6-8-14)11-23-17(28)15(26)9-10-22-18(29)16(27)20(2,3)12-25/h5-8,16,25,27H,4,9-12H2,1-3H3,(H,22,29)(H,23,28)(H2,21,24,30). The Morgan fingerprint density at radius 3 is 2.23 bits per heavy atom. The highest BCUT2D eigenvalue weighted by Gasteiger charge is 2.32. The van der Waals surface area contributed by atoms with Crippen molar-refractivity contribution in [2.24, 2.45) is 5.41 Å². The van der Waals surface area contributed by atoms with Crippen LogP contribution in [0.4, 0.5) is 10.5 Å². The van der Waals surface area contributed by atoms with Crippen LogP contribution in [0.15, 0.2) is 24.3 Å². The molecule has 4 amide bonds. The summed E-state index contributed by atoms with van der Waals surface area (Å²) in [5.74, 6) is -2.21. The molecule has 0 radical (unpaired) electrons. The Labute approximate surface area is 175 Å². The number of Topliss-reactive ketones (excluding diaryl/α,β-unsaturated/α-hetero) is 1. The molecule has 0 aromatic heterocycles. The van der Waals surface area contributed by atoms with E-state index in [1.165, 1.54) is 13.8 Å². The minimum absolute atomic E-state index is 0.107. The van der Waals surface area contributed by atoms with Gasteiger partial charge in [-0.05, 0) is 24.6 Å². The maximum atomic E-state index is 11.9. The summed E-state index contributed by atoms with van der Waals surface area (Å²) in [6.07, 6.45) is -1.66. The lowest BCUT2D eigenvalue weighted by atomic mass is 9.87. The van der Waals surface area contributed by atoms with Gasteiger partial charge < -0.3 is 31.5 Å². The number of anilines is 1. The van der Waals surface area contributed by atoms with Crippen LogP contribution in [0, 0.1) is 5.41 Å². The molecule has 10 nitrogen and oxygen atoms in total. The molecule has 0 aliphatic carbocycles. The number of amides is 4. The SMILES string of the molecule is CCNC(=O)Nc1ccc(CNC(=O)C(=O)CCNC(=O)C(O)C(C)(C)CO)cc1. The predicted molar refractivity (Wildman–Crippen MR) is 110 cm³/mol. The third-order valence-electron chi connectivity index (χ3n) is 4.30. The first-order valence-corrected chi connectivity index (χ1v) is 9.62. The minimum Gasteiger partial charge on any atom is -0.396 e. The summed E-state index contributed by atoms with van der Waals surface area (Å²) < 4.78 is 0. The van der Waals surface area contributed by atoms with Gasteiger partial charge in [0.1, 0.15) is 6.10 Å². The fraction of sp³-hybridized carbons (Fsp3) is 0.500. The van der Waals surface area contributed by atoms with Crippen molar-refractivity contribution in [3.05, 3.63) is 29.8 Å². The topological polar surface area (TPSA) is 157 Å². The number of carbonyl (C=O) groups is 4. The van der Waals surface area contributed by atoms with Crippen LogP contribution in [-0.4, -0.2) is 59.6 Å². The lowest BCUT2D eigenvalue weighted by Crippen LogP contribution is -2.46. The molecule has 1 aromatic rings. The van der Waals surface area contributed by atoms with E-state index in [-0.39, 0.29) is 32.1 Å². The number of benzene rings is 1. The van der Waals surface area contributed by atoms with Crippen LogP contribution < -0.4 is 21.3 Å². The quantitative estimate of drug-likeness (QED) is 0.273. The largest absolute Gasteiger partial charge is 0.396 e. The molecular weight excluding hydrogens is 392 g/mol. The highest BCUT2D eigenvalue weighted by Crippen LogP contribution is 2.19. The Balaban J connectivity index is 2.38. The first kappa shape index (κ1) is 25.1. The number of hydrogen-bond donors (Lipinski definition) is 6. The summed E-state index contributed by atoms with van der Waals surface area (Å²) >= 11 is 0. The van der Waals surface area contributed by atoms with Gasteiger partial charge >= 0.3 is 6.03 Å². The molecule has 0 saturated heterocycles. The third-order valence-corrected chi connectivity index (χ3v) is 4.30. The summed E-state index contributed by atoms with van der Waals surface area (Å²) in [4.78, 5) is 47.1. The summed E-state index contributed by atoms with van der Waals surface area (Å²) in [7, 11) is 0. The lowest BCUT2D eigenvalue weighted by molar-refractivity contribution is -0.139. The zero-order valence-corrected chi connectivity index (χ0v) is 17.4. The van der Waals surface area contributed by atoms with Gasteiger partial charge in [-0.1, -0.05) is 26.0 Å². The van der Waals surface area contributed by atoms with Crippen molar-refractivity contribution in [3.63, 3.8) is 0 Å². The number of hydrogen-bond acceptors (Lipinski definition) is 6. The summed E-state index contributed by atoms with van der Waals surface area (Å²) in [6.45, 7) is 5.01. The zero-order chi connectivity index (χ0) is 22.7. The molecule has 1 aromatic carbocycles. The van der Waals surface area contributed by atoms with Gasteiger partial charge in [-0.25, -0.2) is 4.79 Å². The lowest BCUT2D eigenvalue weighted by Gasteiger charge is -2.27. The van der Waals surface area contributed by atoms with Gasteiger partial charge in [0, 0.05) is 37.2 Å². The molecule has 0 fully saturated rings. The maximum absolute atomic E-state index is 11.9. The van der Waals surface area contributed by atoms with Gasteiger partial charge in [0.2, 0.25) is 11.7 Å². The van der Waals surface area contributed by atoms with Crippen LogP contribution in [0.5, 0.6) is 0 Å². The van der Waals surface area contributed by atoms with Crippen molar-refractivity contribution in [2.45, 2.75) is 39.8 Å². The van der Waals surface area contributed by atoms with Crippen LogP contribution >= 0.6 is 0 Å². The average Bonchev–Trinajstić information content (AvgIpc) is 2.72. The molecule has 1 atom stereocenters. The van der Waals surface area contributed by atoms with E-state index in [4.69, 9.17) is 5.11 Å². The minimum atomic E-state index is -1.43. The van der Waals surface area contributed by atoms with E-state index in [1.807, 2.05) is 6.92 Å². The Kier molecular flexibility index (Phi) is 9.93. The highest BCUT2D eigenvalue weighted by atomic mass is 16.3. The summed E-state index contributed by atoms with van der Waals surface area (Å²) in [5.41, 5.74) is 0.311. The molecule has 0 heterocycles. The number of aliphatic hydroxyl groups is 2. The van der Waals surface area contributed by atoms with Crippen molar-refractivity contribution in [3.8, 4) is 0 Å². The van der Waals surface area contributed by atoms with E-state index in [0.717, 1.165) is 5.56 Å². The van der Waals surface area contributed by atoms with E-state index in [0.29, 0.717) is 12.2 Å². The van der Waals surface area contributed by atoms with Crippen molar-refractivity contribution in [1.29, 1.82) is 0 Å². The van der Waals surface area contributed by atoms with Gasteiger partial charge in [-0.3, -0.25) is 14.4 Å². The molecule has 1 unspecified atom stereocenters. The van der Waals surface area contributed by atoms with E-state index in [9.17, 15) is 24.3 Å². The van der Waals surface area contributed by atoms with Gasteiger partial charge in [-0.2, -0.15) is 0 Å². The monoisotopic (exact) mass is 422 g/mol. The Hall–Kier alpha value is -2.98. The normalized spacial score (nSPS) is 11.9. The molecule has 0 spiro atoms. The fourth-order valence-electron chi connectivity index (χ4n) is 2.27. The summed E-state index contributed by atoms with van der Waals surface area (Å²) in [5, 5.41) is 29.1. The van der Waals surface area contributed by atoms with Crippen molar-refractivity contribution < 1.29 is 29.4 Å². The molecule has 30 heavy (non-hydrogen) atoms. The number of nitrogens with one attached hydrogen (secondary N) is 4. The van der Waals surface area contributed by atoms with Crippen LogP contribution in [0.1, 0.15) is 32.8 Å². The number of carbonyl (C=O) groups excluding carboxylic acids is 4. The van der Waals surface area contributed by atoms with Crippen LogP contribution in [0.3, 0.4) is 0 Å². The number of rotatable bonds is 11. The predicted octanol–water partition coefficient (Wildman–Crippen LogP) is -0.101. The highest BCUT2D eigenvalue weighted by molar-refractivity contribution is 6.36. The first-order valence-electron chi connectivity index (χ1n) is 9.62. The van der Waals surface area contributed by atoms with Crippen molar-refractivity contribution in [1.82, 2.24) is 16.0 Å². The molecule has 0 aliphatic heterocycles. The van der Waals surface area contributed by atoms with E-state index in [1.54, 1.807) is 24.3 Å². The zero-order valence-electron chi connectivity index (χ0n) is 17.4. The van der Waals surface area contributed by atoms with Crippen molar-refractivity contribution >= 4 is 29.3 Å². The number of urea groups is 1.